The summed E-state index contributed by atoms with van der Waals surface area (Å²) in [5.41, 5.74) is 1.49. The van der Waals surface area contributed by atoms with Crippen LogP contribution >= 0.6 is 15.9 Å². The van der Waals surface area contributed by atoms with Crippen LogP contribution in [-0.2, 0) is 0 Å². The fraction of sp³-hybridized carbons (Fsp3) is 0.684. The van der Waals surface area contributed by atoms with Gasteiger partial charge in [0.2, 0.25) is 0 Å². The number of hydrogen-bond acceptors (Lipinski definition) is 1. The van der Waals surface area contributed by atoms with Crippen molar-refractivity contribution < 1.29 is 0 Å². The van der Waals surface area contributed by atoms with E-state index in [1.54, 1.807) is 0 Å². The molecule has 0 spiro atoms. The Balaban J connectivity index is 1.99. The minimum Gasteiger partial charge on any atom is -0.313 e. The van der Waals surface area contributed by atoms with Gasteiger partial charge in [0, 0.05) is 17.1 Å². The van der Waals surface area contributed by atoms with Crippen LogP contribution in [0, 0.1) is 5.92 Å². The van der Waals surface area contributed by atoms with Gasteiger partial charge >= 0.3 is 0 Å². The molecule has 0 aliphatic heterocycles. The number of hydrogen-bond donors (Lipinski definition) is 1. The summed E-state index contributed by atoms with van der Waals surface area (Å²) in [6, 6.07) is 9.72. The van der Waals surface area contributed by atoms with Crippen molar-refractivity contribution in [3.05, 3.63) is 34.3 Å². The molecular weight excluding hydrogens is 322 g/mol. The number of nitrogens with one attached hydrogen (secondary N) is 1. The predicted molar refractivity (Wildman–Crippen MR) is 95.8 cm³/mol. The van der Waals surface area contributed by atoms with E-state index in [0.717, 1.165) is 18.5 Å². The maximum atomic E-state index is 3.74. The summed E-state index contributed by atoms with van der Waals surface area (Å²) in [6.07, 6.45) is 9.47. The lowest BCUT2D eigenvalue weighted by Gasteiger charge is -2.24. The van der Waals surface area contributed by atoms with E-state index >= 15 is 0 Å². The maximum Gasteiger partial charge on any atom is 0.0178 e. The molecule has 0 amide bonds. The number of rotatable bonds is 10. The van der Waals surface area contributed by atoms with E-state index < -0.39 is 0 Å². The molecule has 2 atom stereocenters. The van der Waals surface area contributed by atoms with Gasteiger partial charge in [-0.3, -0.25) is 0 Å². The molecule has 21 heavy (non-hydrogen) atoms. The minimum absolute atomic E-state index is 0.657. The normalized spacial score (nSPS) is 17.7. The van der Waals surface area contributed by atoms with Crippen LogP contribution in [0.25, 0.3) is 0 Å². The molecule has 2 unspecified atom stereocenters. The van der Waals surface area contributed by atoms with E-state index in [0.29, 0.717) is 5.92 Å². The van der Waals surface area contributed by atoms with E-state index in [1.165, 1.54) is 55.0 Å². The standard InChI is InChI=1S/C19H30BrN/c1-3-5-7-15(4-2)12-17(14-21-19-10-11-19)16-8-6-9-18(20)13-16/h6,8-9,13,15,17,19,21H,3-5,7,10-12,14H2,1-2H3. The molecule has 1 fully saturated rings. The Kier molecular flexibility index (Phi) is 7.25. The second kappa shape index (κ2) is 8.95. The molecule has 0 aromatic heterocycles. The first-order valence-electron chi connectivity index (χ1n) is 8.71. The largest absolute Gasteiger partial charge is 0.313 e. The van der Waals surface area contributed by atoms with Crippen LogP contribution in [0.1, 0.15) is 70.3 Å². The van der Waals surface area contributed by atoms with Crippen molar-refractivity contribution in [1.82, 2.24) is 5.32 Å². The van der Waals surface area contributed by atoms with E-state index in [4.69, 9.17) is 0 Å². The lowest BCUT2D eigenvalue weighted by Crippen LogP contribution is -2.25. The zero-order valence-electron chi connectivity index (χ0n) is 13.6. The molecule has 1 saturated carbocycles. The molecule has 1 aliphatic carbocycles. The van der Waals surface area contributed by atoms with Crippen LogP contribution in [0.2, 0.25) is 0 Å². The van der Waals surface area contributed by atoms with E-state index in [2.05, 4.69) is 59.4 Å². The second-order valence-corrected chi connectivity index (χ2v) is 7.50. The Bertz CT molecular complexity index is 414. The van der Waals surface area contributed by atoms with Gasteiger partial charge < -0.3 is 5.32 Å². The highest BCUT2D eigenvalue weighted by molar-refractivity contribution is 9.10. The molecule has 2 heteroatoms. The Morgan fingerprint density at radius 2 is 2.10 bits per heavy atom. The summed E-state index contributed by atoms with van der Waals surface area (Å²) in [5, 5.41) is 3.74. The van der Waals surface area contributed by atoms with Crippen LogP contribution in [0.4, 0.5) is 0 Å². The van der Waals surface area contributed by atoms with Crippen LogP contribution in [0.5, 0.6) is 0 Å². The molecule has 1 N–H and O–H groups in total. The molecule has 0 saturated heterocycles. The topological polar surface area (TPSA) is 12.0 Å². The maximum absolute atomic E-state index is 3.74. The summed E-state index contributed by atoms with van der Waals surface area (Å²) >= 11 is 3.63. The molecule has 1 aromatic carbocycles. The van der Waals surface area contributed by atoms with Gasteiger partial charge in [0.05, 0.1) is 0 Å². The first-order valence-corrected chi connectivity index (χ1v) is 9.51. The Morgan fingerprint density at radius 3 is 2.71 bits per heavy atom. The third-order valence-electron chi connectivity index (χ3n) is 4.71. The first kappa shape index (κ1) is 17.0. The minimum atomic E-state index is 0.657. The Morgan fingerprint density at radius 1 is 1.29 bits per heavy atom. The fourth-order valence-corrected chi connectivity index (χ4v) is 3.49. The van der Waals surface area contributed by atoms with Gasteiger partial charge in [-0.25, -0.2) is 0 Å². The van der Waals surface area contributed by atoms with E-state index in [-0.39, 0.29) is 0 Å². The van der Waals surface area contributed by atoms with Gasteiger partial charge in [0.25, 0.3) is 0 Å². The van der Waals surface area contributed by atoms with Crippen LogP contribution in [0.3, 0.4) is 0 Å². The van der Waals surface area contributed by atoms with Crippen molar-refractivity contribution in [2.24, 2.45) is 5.92 Å². The Hall–Kier alpha value is -0.340. The lowest BCUT2D eigenvalue weighted by atomic mass is 9.85. The van der Waals surface area contributed by atoms with Gasteiger partial charge in [-0.1, -0.05) is 67.6 Å². The fourth-order valence-electron chi connectivity index (χ4n) is 3.08. The number of halogens is 1. The molecule has 1 nitrogen and oxygen atoms in total. The van der Waals surface area contributed by atoms with Crippen molar-refractivity contribution in [3.63, 3.8) is 0 Å². The van der Waals surface area contributed by atoms with Gasteiger partial charge in [-0.15, -0.1) is 0 Å². The molecular formula is C19H30BrN. The van der Waals surface area contributed by atoms with Crippen LogP contribution in [-0.4, -0.2) is 12.6 Å². The van der Waals surface area contributed by atoms with Gasteiger partial charge in [0.15, 0.2) is 0 Å². The highest BCUT2D eigenvalue weighted by Gasteiger charge is 2.23. The van der Waals surface area contributed by atoms with Crippen molar-refractivity contribution in [2.75, 3.05) is 6.54 Å². The van der Waals surface area contributed by atoms with Gasteiger partial charge in [0.1, 0.15) is 0 Å². The zero-order chi connectivity index (χ0) is 15.1. The smallest absolute Gasteiger partial charge is 0.0178 e. The molecule has 1 aromatic rings. The monoisotopic (exact) mass is 351 g/mol. The molecule has 118 valence electrons. The second-order valence-electron chi connectivity index (χ2n) is 6.59. The van der Waals surface area contributed by atoms with Gasteiger partial charge in [-0.05, 0) is 48.8 Å². The molecule has 0 radical (unpaired) electrons. The SMILES string of the molecule is CCCCC(CC)CC(CNC1CC1)c1cccc(Br)c1. The highest BCUT2D eigenvalue weighted by Crippen LogP contribution is 2.30. The quantitative estimate of drug-likeness (QED) is 0.553. The summed E-state index contributed by atoms with van der Waals surface area (Å²) in [6.45, 7) is 5.80. The third-order valence-corrected chi connectivity index (χ3v) is 5.20. The third kappa shape index (κ3) is 6.12. The Labute approximate surface area is 139 Å². The average molecular weight is 352 g/mol. The van der Waals surface area contributed by atoms with Gasteiger partial charge in [-0.2, -0.15) is 0 Å². The highest BCUT2D eigenvalue weighted by atomic mass is 79.9. The lowest BCUT2D eigenvalue weighted by molar-refractivity contribution is 0.375. The summed E-state index contributed by atoms with van der Waals surface area (Å²) in [5.74, 6) is 1.53. The van der Waals surface area contributed by atoms with Crippen molar-refractivity contribution in [1.29, 1.82) is 0 Å². The average Bonchev–Trinajstić information content (AvgIpc) is 3.31. The van der Waals surface area contributed by atoms with Crippen molar-refractivity contribution in [2.45, 2.75) is 70.8 Å². The first-order chi connectivity index (χ1) is 10.2. The molecule has 1 aliphatic rings. The van der Waals surface area contributed by atoms with Crippen molar-refractivity contribution in [3.8, 4) is 0 Å². The zero-order valence-corrected chi connectivity index (χ0v) is 15.2. The predicted octanol–water partition coefficient (Wildman–Crippen LogP) is 5.89. The number of benzene rings is 1. The summed E-state index contributed by atoms with van der Waals surface area (Å²) in [4.78, 5) is 0. The van der Waals surface area contributed by atoms with Crippen LogP contribution in [0.15, 0.2) is 28.7 Å². The van der Waals surface area contributed by atoms with Crippen LogP contribution < -0.4 is 5.32 Å². The van der Waals surface area contributed by atoms with E-state index in [9.17, 15) is 0 Å². The van der Waals surface area contributed by atoms with E-state index in [1.807, 2.05) is 0 Å². The summed E-state index contributed by atoms with van der Waals surface area (Å²) in [7, 11) is 0. The molecule has 0 bridgehead atoms. The summed E-state index contributed by atoms with van der Waals surface area (Å²) < 4.78 is 1.21. The molecule has 2 rings (SSSR count). The van der Waals surface area contributed by atoms with Crippen molar-refractivity contribution >= 4 is 15.9 Å². The number of unbranched alkanes of at least 4 members (excludes halogenated alkanes) is 1. The molecule has 0 heterocycles.